The molecule has 6 heterocycles. The number of sulfonamides is 1. The lowest BCUT2D eigenvalue weighted by Crippen LogP contribution is -2.54. The Bertz CT molecular complexity index is 2450. The number of amides is 5. The first kappa shape index (κ1) is 41.0. The summed E-state index contributed by atoms with van der Waals surface area (Å²) in [5, 5.41) is 11.9. The van der Waals surface area contributed by atoms with E-state index in [2.05, 4.69) is 26.1 Å². The van der Waals surface area contributed by atoms with Crippen LogP contribution in [-0.4, -0.2) is 134 Å². The van der Waals surface area contributed by atoms with E-state index in [4.69, 9.17) is 11.6 Å². The zero-order chi connectivity index (χ0) is 42.6. The van der Waals surface area contributed by atoms with Crippen LogP contribution in [0.15, 0.2) is 65.6 Å². The van der Waals surface area contributed by atoms with Crippen molar-refractivity contribution in [2.75, 3.05) is 75.2 Å². The van der Waals surface area contributed by atoms with E-state index in [-0.39, 0.29) is 40.2 Å². The quantitative estimate of drug-likeness (QED) is 0.343. The van der Waals surface area contributed by atoms with Gasteiger partial charge < -0.3 is 14.7 Å². The minimum Gasteiger partial charge on any atom is -0.371 e. The van der Waals surface area contributed by atoms with Crippen LogP contribution >= 0.6 is 11.6 Å². The molecular formula is C44H47ClN8O7S. The number of halogens is 1. The molecular weight excluding hydrogens is 820 g/mol. The number of imide groups is 2. The molecule has 5 amide bonds. The molecule has 0 radical (unpaired) electrons. The van der Waals surface area contributed by atoms with Crippen molar-refractivity contribution in [3.8, 4) is 6.07 Å². The lowest BCUT2D eigenvalue weighted by Gasteiger charge is -2.43. The monoisotopic (exact) mass is 866 g/mol. The molecule has 1 N–H and O–H groups in total. The summed E-state index contributed by atoms with van der Waals surface area (Å²) in [6.07, 6.45) is 4.43. The van der Waals surface area contributed by atoms with Gasteiger partial charge in [-0.3, -0.25) is 39.1 Å². The molecule has 1 unspecified atom stereocenters. The normalized spacial score (nSPS) is 22.8. The Labute approximate surface area is 359 Å². The van der Waals surface area contributed by atoms with Gasteiger partial charge in [-0.15, -0.1) is 0 Å². The zero-order valence-corrected chi connectivity index (χ0v) is 35.3. The Kier molecular flexibility index (Phi) is 10.9. The average Bonchev–Trinajstić information content (AvgIpc) is 3.80. The highest BCUT2D eigenvalue weighted by Crippen LogP contribution is 2.43. The number of hydrogen-bond donors (Lipinski definition) is 1. The maximum absolute atomic E-state index is 13.7. The predicted octanol–water partition coefficient (Wildman–Crippen LogP) is 3.72. The van der Waals surface area contributed by atoms with Crippen LogP contribution in [0.25, 0.3) is 0 Å². The molecule has 9 rings (SSSR count). The molecule has 0 saturated carbocycles. The number of rotatable bonds is 7. The maximum Gasteiger partial charge on any atom is 0.262 e. The second-order valence-electron chi connectivity index (χ2n) is 17.1. The first-order valence-electron chi connectivity index (χ1n) is 21.0. The van der Waals surface area contributed by atoms with E-state index in [1.807, 2.05) is 23.1 Å². The third-order valence-corrected chi connectivity index (χ3v) is 16.0. The van der Waals surface area contributed by atoms with Gasteiger partial charge in [-0.1, -0.05) is 11.6 Å². The largest absolute Gasteiger partial charge is 0.371 e. The van der Waals surface area contributed by atoms with Gasteiger partial charge in [-0.05, 0) is 105 Å². The number of benzene rings is 3. The summed E-state index contributed by atoms with van der Waals surface area (Å²) in [6.45, 7) is 6.61. The van der Waals surface area contributed by atoms with Gasteiger partial charge in [-0.25, -0.2) is 8.42 Å². The molecule has 15 nitrogen and oxygen atoms in total. The second kappa shape index (κ2) is 16.2. The Hall–Kier alpha value is -5.34. The number of carbonyl (C=O) groups excluding carboxylic acids is 5. The van der Waals surface area contributed by atoms with E-state index in [1.54, 1.807) is 46.8 Å². The fraction of sp³-hybridized carbons (Fsp3) is 0.455. The smallest absolute Gasteiger partial charge is 0.262 e. The van der Waals surface area contributed by atoms with E-state index in [1.165, 1.54) is 0 Å². The highest BCUT2D eigenvalue weighted by molar-refractivity contribution is 7.89. The van der Waals surface area contributed by atoms with Gasteiger partial charge in [0.2, 0.25) is 21.8 Å². The van der Waals surface area contributed by atoms with Gasteiger partial charge in [0, 0.05) is 94.8 Å². The van der Waals surface area contributed by atoms with Gasteiger partial charge in [0.15, 0.2) is 0 Å². The Morgan fingerprint density at radius 1 is 0.754 bits per heavy atom. The molecule has 0 aliphatic carbocycles. The van der Waals surface area contributed by atoms with E-state index in [9.17, 15) is 37.7 Å². The molecule has 0 aromatic heterocycles. The summed E-state index contributed by atoms with van der Waals surface area (Å²) in [5.74, 6) is -2.19. The van der Waals surface area contributed by atoms with E-state index < -0.39 is 39.7 Å². The van der Waals surface area contributed by atoms with Crippen molar-refractivity contribution >= 4 is 62.5 Å². The van der Waals surface area contributed by atoms with Crippen molar-refractivity contribution in [3.05, 3.63) is 87.9 Å². The predicted molar refractivity (Wildman–Crippen MR) is 226 cm³/mol. The highest BCUT2D eigenvalue weighted by Gasteiger charge is 2.46. The number of anilines is 2. The summed E-state index contributed by atoms with van der Waals surface area (Å²) in [7, 11) is -3.73. The summed E-state index contributed by atoms with van der Waals surface area (Å²) < 4.78 is 29.0. The standard InChI is InChI=1S/C44H47ClN8O7S/c45-37-26-33(4-1-30(37)27-46)51-18-13-44(28-51)14-19-52(20-15-44)61(59,60)34-6-2-29(3-7-34)41(56)50-23-21-49(22-24-50)31-11-16-48(17-12-31)32-5-8-35-36(25-32)43(58)53(42(35)57)38-9-10-39(54)47-40(38)55/h1-8,25-26,31,38H,9-24,28H2,(H,47,54,55). The molecule has 6 aliphatic rings. The van der Waals surface area contributed by atoms with Gasteiger partial charge in [0.05, 0.1) is 26.6 Å². The topological polar surface area (TPSA) is 175 Å². The fourth-order valence-corrected chi connectivity index (χ4v) is 11.8. The molecule has 318 valence electrons. The summed E-state index contributed by atoms with van der Waals surface area (Å²) in [6, 6.07) is 18.5. The highest BCUT2D eigenvalue weighted by atomic mass is 35.5. The third kappa shape index (κ3) is 7.66. The van der Waals surface area contributed by atoms with Crippen molar-refractivity contribution < 1.29 is 32.4 Å². The molecule has 1 atom stereocenters. The van der Waals surface area contributed by atoms with E-state index >= 15 is 0 Å². The maximum atomic E-state index is 13.7. The van der Waals surface area contributed by atoms with Crippen LogP contribution in [0.1, 0.15) is 81.6 Å². The lowest BCUT2D eigenvalue weighted by atomic mass is 9.78. The summed E-state index contributed by atoms with van der Waals surface area (Å²) >= 11 is 6.30. The van der Waals surface area contributed by atoms with Crippen LogP contribution in [-0.2, 0) is 19.6 Å². The fourth-order valence-electron chi connectivity index (χ4n) is 10.1. The van der Waals surface area contributed by atoms with Crippen molar-refractivity contribution in [3.63, 3.8) is 0 Å². The van der Waals surface area contributed by atoms with Gasteiger partial charge in [-0.2, -0.15) is 9.57 Å². The molecule has 17 heteroatoms. The molecule has 3 aromatic carbocycles. The SMILES string of the molecule is N#Cc1ccc(N2CCC3(CCN(S(=O)(=O)c4ccc(C(=O)N5CCN(C6CCN(c7ccc8c(c7)C(=O)N(C7CCC(=O)NC7=O)C8=O)CC6)CC5)cc4)CC3)C2)cc1Cl. The molecule has 3 aromatic rings. The second-order valence-corrected chi connectivity index (χ2v) is 19.4. The first-order chi connectivity index (χ1) is 29.3. The van der Waals surface area contributed by atoms with Crippen molar-refractivity contribution in [2.24, 2.45) is 5.41 Å². The van der Waals surface area contributed by atoms with E-state index in [0.29, 0.717) is 48.4 Å². The summed E-state index contributed by atoms with van der Waals surface area (Å²) in [4.78, 5) is 74.0. The molecule has 5 saturated heterocycles. The number of nitrogens with one attached hydrogen (secondary N) is 1. The van der Waals surface area contributed by atoms with Crippen LogP contribution in [0, 0.1) is 16.7 Å². The number of hydrogen-bond acceptors (Lipinski definition) is 11. The lowest BCUT2D eigenvalue weighted by molar-refractivity contribution is -0.136. The van der Waals surface area contributed by atoms with E-state index in [0.717, 1.165) is 87.6 Å². The van der Waals surface area contributed by atoms with Crippen LogP contribution in [0.3, 0.4) is 0 Å². The third-order valence-electron chi connectivity index (χ3n) is 13.8. The van der Waals surface area contributed by atoms with Crippen LogP contribution in [0.5, 0.6) is 0 Å². The average molecular weight is 867 g/mol. The Morgan fingerprint density at radius 2 is 1.41 bits per heavy atom. The molecule has 0 bridgehead atoms. The number of fused-ring (bicyclic) bond motifs is 1. The molecule has 6 aliphatic heterocycles. The molecule has 5 fully saturated rings. The summed E-state index contributed by atoms with van der Waals surface area (Å²) in [5.41, 5.74) is 3.27. The minimum atomic E-state index is -3.73. The Balaban J connectivity index is 0.740. The first-order valence-corrected chi connectivity index (χ1v) is 22.8. The van der Waals surface area contributed by atoms with Gasteiger partial charge in [0.1, 0.15) is 12.1 Å². The van der Waals surface area contributed by atoms with Crippen LogP contribution < -0.4 is 15.1 Å². The van der Waals surface area contributed by atoms with Gasteiger partial charge in [0.25, 0.3) is 17.7 Å². The van der Waals surface area contributed by atoms with Crippen molar-refractivity contribution in [1.82, 2.24) is 24.3 Å². The van der Waals surface area contributed by atoms with Crippen LogP contribution in [0.4, 0.5) is 11.4 Å². The number of nitriles is 1. The number of nitrogens with zero attached hydrogens (tertiary/aromatic N) is 7. The van der Waals surface area contributed by atoms with Crippen molar-refractivity contribution in [1.29, 1.82) is 5.26 Å². The Morgan fingerprint density at radius 3 is 2.08 bits per heavy atom. The number of piperidine rings is 3. The molecule has 1 spiro atoms. The van der Waals surface area contributed by atoms with Crippen molar-refractivity contribution in [2.45, 2.75) is 61.9 Å². The van der Waals surface area contributed by atoms with Crippen LogP contribution in [0.2, 0.25) is 5.02 Å². The number of piperazine rings is 1. The van der Waals surface area contributed by atoms with Gasteiger partial charge >= 0.3 is 0 Å². The minimum absolute atomic E-state index is 0.0194. The zero-order valence-electron chi connectivity index (χ0n) is 33.7. The number of carbonyl (C=O) groups is 5. The molecule has 61 heavy (non-hydrogen) atoms.